The molecular weight excluding hydrogens is 140 g/mol. The average Bonchev–Trinajstić information content (AvgIpc) is 1.93. The first-order valence-electron chi connectivity index (χ1n) is 3.53. The first kappa shape index (κ1) is 8.17. The quantitative estimate of drug-likeness (QED) is 0.490. The zero-order valence-electron chi connectivity index (χ0n) is 6.86. The van der Waals surface area contributed by atoms with Gasteiger partial charge in [0.2, 0.25) is 0 Å². The SMILES string of the molecule is CN(O)Cc1cccc[n+]1C. The van der Waals surface area contributed by atoms with Gasteiger partial charge in [0.1, 0.15) is 13.6 Å². The number of hydrogen-bond donors (Lipinski definition) is 1. The molecule has 0 unspecified atom stereocenters. The van der Waals surface area contributed by atoms with Crippen molar-refractivity contribution < 1.29 is 9.77 Å². The van der Waals surface area contributed by atoms with Gasteiger partial charge in [0, 0.05) is 19.2 Å². The molecule has 1 rings (SSSR count). The second kappa shape index (κ2) is 3.46. The van der Waals surface area contributed by atoms with E-state index in [-0.39, 0.29) is 0 Å². The molecule has 1 aromatic heterocycles. The highest BCUT2D eigenvalue weighted by Crippen LogP contribution is 1.92. The number of pyridine rings is 1. The van der Waals surface area contributed by atoms with E-state index in [1.54, 1.807) is 7.05 Å². The van der Waals surface area contributed by atoms with Gasteiger partial charge < -0.3 is 5.21 Å². The molecule has 0 bridgehead atoms. The van der Waals surface area contributed by atoms with Crippen LogP contribution in [0.25, 0.3) is 0 Å². The zero-order chi connectivity index (χ0) is 8.27. The van der Waals surface area contributed by atoms with E-state index in [0.717, 1.165) is 10.8 Å². The molecular formula is C8H13N2O+. The maximum absolute atomic E-state index is 8.95. The third-order valence-electron chi connectivity index (χ3n) is 1.55. The van der Waals surface area contributed by atoms with Crippen LogP contribution in [0.5, 0.6) is 0 Å². The molecule has 1 heterocycles. The number of aromatic nitrogens is 1. The van der Waals surface area contributed by atoms with Gasteiger partial charge in [0.15, 0.2) is 11.9 Å². The summed E-state index contributed by atoms with van der Waals surface area (Å²) in [6, 6.07) is 5.90. The van der Waals surface area contributed by atoms with Gasteiger partial charge in [0.25, 0.3) is 0 Å². The van der Waals surface area contributed by atoms with Crippen LogP contribution >= 0.6 is 0 Å². The predicted octanol–water partition coefficient (Wildman–Crippen LogP) is 0.332. The fourth-order valence-corrected chi connectivity index (χ4v) is 0.957. The van der Waals surface area contributed by atoms with Gasteiger partial charge in [-0.15, -0.1) is 0 Å². The van der Waals surface area contributed by atoms with Crippen molar-refractivity contribution in [2.45, 2.75) is 6.54 Å². The van der Waals surface area contributed by atoms with Gasteiger partial charge in [-0.2, -0.15) is 5.06 Å². The summed E-state index contributed by atoms with van der Waals surface area (Å²) >= 11 is 0. The Kier molecular flexibility index (Phi) is 2.57. The molecule has 0 fully saturated rings. The Hall–Kier alpha value is -0.930. The van der Waals surface area contributed by atoms with Crippen LogP contribution in [-0.2, 0) is 13.6 Å². The summed E-state index contributed by atoms with van der Waals surface area (Å²) in [5.74, 6) is 0. The Bertz CT molecular complexity index is 235. The fourth-order valence-electron chi connectivity index (χ4n) is 0.957. The Labute approximate surface area is 66.5 Å². The summed E-state index contributed by atoms with van der Waals surface area (Å²) in [5, 5.41) is 10.1. The van der Waals surface area contributed by atoms with Crippen LogP contribution in [-0.4, -0.2) is 17.3 Å². The molecule has 0 aliphatic heterocycles. The molecule has 11 heavy (non-hydrogen) atoms. The molecule has 3 heteroatoms. The summed E-state index contributed by atoms with van der Waals surface area (Å²) in [6.07, 6.45) is 1.96. The van der Waals surface area contributed by atoms with E-state index >= 15 is 0 Å². The largest absolute Gasteiger partial charge is 0.314 e. The molecule has 1 aromatic rings. The van der Waals surface area contributed by atoms with E-state index in [4.69, 9.17) is 5.21 Å². The fraction of sp³-hybridized carbons (Fsp3) is 0.375. The van der Waals surface area contributed by atoms with Gasteiger partial charge in [-0.1, -0.05) is 6.07 Å². The number of hydrogen-bond acceptors (Lipinski definition) is 2. The molecule has 1 N–H and O–H groups in total. The van der Waals surface area contributed by atoms with Crippen LogP contribution in [0.3, 0.4) is 0 Å². The van der Waals surface area contributed by atoms with Crippen LogP contribution < -0.4 is 4.57 Å². The standard InChI is InChI=1S/C8H13N2O/c1-9-6-4-3-5-8(9)7-10(2)11/h3-6,11H,7H2,1-2H3/q+1. The maximum atomic E-state index is 8.95. The number of hydroxylamine groups is 2. The lowest BCUT2D eigenvalue weighted by atomic mass is 10.3. The molecule has 0 saturated heterocycles. The van der Waals surface area contributed by atoms with E-state index in [9.17, 15) is 0 Å². The number of aryl methyl sites for hydroxylation is 1. The smallest absolute Gasteiger partial charge is 0.197 e. The van der Waals surface area contributed by atoms with Crippen molar-refractivity contribution in [3.05, 3.63) is 30.1 Å². The highest BCUT2D eigenvalue weighted by atomic mass is 16.5. The van der Waals surface area contributed by atoms with Crippen molar-refractivity contribution in [3.8, 4) is 0 Å². The highest BCUT2D eigenvalue weighted by Gasteiger charge is 2.05. The van der Waals surface area contributed by atoms with E-state index < -0.39 is 0 Å². The molecule has 0 aromatic carbocycles. The molecule has 0 atom stereocenters. The topological polar surface area (TPSA) is 27.3 Å². The normalized spacial score (nSPS) is 10.5. The van der Waals surface area contributed by atoms with Crippen molar-refractivity contribution >= 4 is 0 Å². The summed E-state index contributed by atoms with van der Waals surface area (Å²) in [7, 11) is 3.59. The lowest BCUT2D eigenvalue weighted by Gasteiger charge is -2.04. The van der Waals surface area contributed by atoms with Crippen molar-refractivity contribution in [2.75, 3.05) is 7.05 Å². The monoisotopic (exact) mass is 153 g/mol. The van der Waals surface area contributed by atoms with Crippen molar-refractivity contribution in [3.63, 3.8) is 0 Å². The molecule has 0 aliphatic rings. The lowest BCUT2D eigenvalue weighted by molar-refractivity contribution is -0.680. The van der Waals surface area contributed by atoms with Crippen molar-refractivity contribution in [1.29, 1.82) is 0 Å². The zero-order valence-corrected chi connectivity index (χ0v) is 6.86. The minimum absolute atomic E-state index is 0.553. The second-order valence-electron chi connectivity index (χ2n) is 2.62. The third-order valence-corrected chi connectivity index (χ3v) is 1.55. The first-order valence-corrected chi connectivity index (χ1v) is 3.53. The Morgan fingerprint density at radius 2 is 2.27 bits per heavy atom. The minimum atomic E-state index is 0.553. The van der Waals surface area contributed by atoms with E-state index in [1.807, 2.05) is 36.0 Å². The molecule has 0 radical (unpaired) electrons. The Morgan fingerprint density at radius 3 is 2.82 bits per heavy atom. The minimum Gasteiger partial charge on any atom is -0.314 e. The van der Waals surface area contributed by atoms with Gasteiger partial charge in [-0.05, 0) is 0 Å². The predicted molar refractivity (Wildman–Crippen MR) is 40.9 cm³/mol. The molecule has 0 amide bonds. The van der Waals surface area contributed by atoms with Gasteiger partial charge in [-0.25, -0.2) is 4.57 Å². The lowest BCUT2D eigenvalue weighted by Crippen LogP contribution is -2.35. The van der Waals surface area contributed by atoms with Crippen molar-refractivity contribution in [2.24, 2.45) is 7.05 Å². The first-order chi connectivity index (χ1) is 5.20. The van der Waals surface area contributed by atoms with Crippen LogP contribution in [0.4, 0.5) is 0 Å². The Morgan fingerprint density at radius 1 is 1.55 bits per heavy atom. The highest BCUT2D eigenvalue weighted by molar-refractivity contribution is 4.96. The van der Waals surface area contributed by atoms with E-state index in [2.05, 4.69) is 0 Å². The molecule has 3 nitrogen and oxygen atoms in total. The van der Waals surface area contributed by atoms with Crippen LogP contribution in [0.2, 0.25) is 0 Å². The summed E-state index contributed by atoms with van der Waals surface area (Å²) < 4.78 is 1.98. The summed E-state index contributed by atoms with van der Waals surface area (Å²) in [5.41, 5.74) is 1.08. The van der Waals surface area contributed by atoms with Gasteiger partial charge >= 0.3 is 0 Å². The van der Waals surface area contributed by atoms with Crippen LogP contribution in [0, 0.1) is 0 Å². The van der Waals surface area contributed by atoms with Crippen LogP contribution in [0.15, 0.2) is 24.4 Å². The van der Waals surface area contributed by atoms with E-state index in [1.165, 1.54) is 0 Å². The maximum Gasteiger partial charge on any atom is 0.197 e. The molecule has 0 spiro atoms. The average molecular weight is 153 g/mol. The Balaban J connectivity index is 2.78. The summed E-state index contributed by atoms with van der Waals surface area (Å²) in [4.78, 5) is 0. The van der Waals surface area contributed by atoms with Gasteiger partial charge in [0.05, 0.1) is 0 Å². The molecule has 60 valence electrons. The third kappa shape index (κ3) is 2.29. The van der Waals surface area contributed by atoms with Crippen LogP contribution in [0.1, 0.15) is 5.69 Å². The molecule has 0 saturated carbocycles. The van der Waals surface area contributed by atoms with E-state index in [0.29, 0.717) is 6.54 Å². The summed E-state index contributed by atoms with van der Waals surface area (Å²) in [6.45, 7) is 0.553. The number of nitrogens with zero attached hydrogens (tertiary/aromatic N) is 2. The van der Waals surface area contributed by atoms with Gasteiger partial charge in [-0.3, -0.25) is 0 Å². The number of rotatable bonds is 2. The van der Waals surface area contributed by atoms with Crippen molar-refractivity contribution in [1.82, 2.24) is 5.06 Å². The second-order valence-corrected chi connectivity index (χ2v) is 2.62. The molecule has 0 aliphatic carbocycles.